The van der Waals surface area contributed by atoms with Gasteiger partial charge in [0.25, 0.3) is 0 Å². The molecule has 0 aromatic rings. The average molecular weight is 218 g/mol. The molecule has 0 radical (unpaired) electrons. The van der Waals surface area contributed by atoms with Crippen molar-refractivity contribution in [2.24, 2.45) is 16.0 Å². The molecule has 7 nitrogen and oxygen atoms in total. The smallest absolute Gasteiger partial charge is 0.194 e. The van der Waals surface area contributed by atoms with Crippen LogP contribution in [-0.2, 0) is 4.79 Å². The molecular weight excluding hydrogens is 208 g/mol. The number of thioether (sulfide) groups is 1. The zero-order valence-electron chi connectivity index (χ0n) is 7.39. The van der Waals surface area contributed by atoms with E-state index >= 15 is 0 Å². The molecule has 0 saturated heterocycles. The van der Waals surface area contributed by atoms with Crippen LogP contribution in [0.3, 0.4) is 0 Å². The second kappa shape index (κ2) is 5.97. The summed E-state index contributed by atoms with van der Waals surface area (Å²) in [6.07, 6.45) is 0. The van der Waals surface area contributed by atoms with E-state index in [-0.39, 0.29) is 22.3 Å². The predicted molar refractivity (Wildman–Crippen MR) is 53.5 cm³/mol. The SMILES string of the molecule is CC(=O)CSC(=N)C(=N\O)/C(N)=N/O. The molecule has 0 saturated carbocycles. The van der Waals surface area contributed by atoms with Crippen molar-refractivity contribution < 1.29 is 15.2 Å². The van der Waals surface area contributed by atoms with Gasteiger partial charge in [-0.25, -0.2) is 0 Å². The van der Waals surface area contributed by atoms with E-state index < -0.39 is 5.84 Å². The average Bonchev–Trinajstić information content (AvgIpc) is 2.15. The number of carbonyl (C=O) groups excluding carboxylic acids is 1. The van der Waals surface area contributed by atoms with Crippen molar-refractivity contribution in [3.05, 3.63) is 0 Å². The molecular formula is C6H10N4O3S. The molecule has 0 aromatic carbocycles. The maximum atomic E-state index is 10.6. The van der Waals surface area contributed by atoms with E-state index in [4.69, 9.17) is 21.6 Å². The molecule has 0 aliphatic carbocycles. The Kier molecular flexibility index (Phi) is 5.30. The Morgan fingerprint density at radius 2 is 2.07 bits per heavy atom. The van der Waals surface area contributed by atoms with Crippen LogP contribution in [0.2, 0.25) is 0 Å². The van der Waals surface area contributed by atoms with Crippen molar-refractivity contribution in [3.8, 4) is 0 Å². The third kappa shape index (κ3) is 3.90. The number of carbonyl (C=O) groups is 1. The Hall–Kier alpha value is -1.57. The van der Waals surface area contributed by atoms with E-state index in [1.807, 2.05) is 0 Å². The van der Waals surface area contributed by atoms with Gasteiger partial charge in [0.2, 0.25) is 0 Å². The van der Waals surface area contributed by atoms with Crippen LogP contribution < -0.4 is 5.73 Å². The summed E-state index contributed by atoms with van der Waals surface area (Å²) in [5.74, 6) is -0.540. The molecule has 5 N–H and O–H groups in total. The van der Waals surface area contributed by atoms with Crippen molar-refractivity contribution in [2.45, 2.75) is 6.92 Å². The van der Waals surface area contributed by atoms with Crippen molar-refractivity contribution in [2.75, 3.05) is 5.75 Å². The molecule has 0 bridgehead atoms. The first-order valence-electron chi connectivity index (χ1n) is 3.44. The number of oxime groups is 2. The molecule has 78 valence electrons. The zero-order valence-corrected chi connectivity index (χ0v) is 8.21. The van der Waals surface area contributed by atoms with Crippen LogP contribution in [-0.4, -0.2) is 38.5 Å². The van der Waals surface area contributed by atoms with Crippen LogP contribution >= 0.6 is 11.8 Å². The molecule has 0 atom stereocenters. The van der Waals surface area contributed by atoms with E-state index in [2.05, 4.69) is 10.3 Å². The van der Waals surface area contributed by atoms with Gasteiger partial charge in [0.05, 0.1) is 5.75 Å². The molecule has 0 aliphatic heterocycles. The van der Waals surface area contributed by atoms with E-state index in [0.717, 1.165) is 11.8 Å². The Morgan fingerprint density at radius 3 is 2.43 bits per heavy atom. The molecule has 0 unspecified atom stereocenters. The van der Waals surface area contributed by atoms with Gasteiger partial charge in [-0.3, -0.25) is 10.2 Å². The van der Waals surface area contributed by atoms with Gasteiger partial charge < -0.3 is 16.1 Å². The number of nitrogens with one attached hydrogen (secondary N) is 1. The fraction of sp³-hybridized carbons (Fsp3) is 0.333. The van der Waals surface area contributed by atoms with Gasteiger partial charge in [0, 0.05) is 0 Å². The first-order valence-corrected chi connectivity index (χ1v) is 4.42. The quantitative estimate of drug-likeness (QED) is 0.226. The summed E-state index contributed by atoms with van der Waals surface area (Å²) in [4.78, 5) is 10.6. The summed E-state index contributed by atoms with van der Waals surface area (Å²) in [6, 6.07) is 0. The highest BCUT2D eigenvalue weighted by Gasteiger charge is 2.14. The summed E-state index contributed by atoms with van der Waals surface area (Å²) in [6.45, 7) is 1.36. The van der Waals surface area contributed by atoms with Crippen LogP contribution in [0.1, 0.15) is 6.92 Å². The highest BCUT2D eigenvalue weighted by molar-refractivity contribution is 8.16. The Bertz CT molecular complexity index is 299. The molecule has 8 heteroatoms. The third-order valence-corrected chi connectivity index (χ3v) is 2.12. The van der Waals surface area contributed by atoms with Gasteiger partial charge in [-0.05, 0) is 6.92 Å². The van der Waals surface area contributed by atoms with Crippen molar-refractivity contribution >= 4 is 34.1 Å². The number of Topliss-reactive ketones (excluding diaryl/α,β-unsaturated/α-hetero) is 1. The Balaban J connectivity index is 4.43. The van der Waals surface area contributed by atoms with E-state index in [0.29, 0.717) is 0 Å². The lowest BCUT2D eigenvalue weighted by Crippen LogP contribution is -2.29. The second-order valence-electron chi connectivity index (χ2n) is 2.25. The number of hydrogen-bond acceptors (Lipinski definition) is 7. The molecule has 0 spiro atoms. The molecule has 0 fully saturated rings. The summed E-state index contributed by atoms with van der Waals surface area (Å²) < 4.78 is 0. The molecule has 0 aliphatic rings. The van der Waals surface area contributed by atoms with E-state index in [9.17, 15) is 4.79 Å². The van der Waals surface area contributed by atoms with Gasteiger partial charge in [0.1, 0.15) is 10.8 Å². The minimum atomic E-state index is -0.478. The maximum absolute atomic E-state index is 10.6. The lowest BCUT2D eigenvalue weighted by atomic mass is 10.4. The number of ketones is 1. The first kappa shape index (κ1) is 12.4. The normalized spacial score (nSPS) is 12.6. The molecule has 0 heterocycles. The summed E-state index contributed by atoms with van der Waals surface area (Å²) in [5.41, 5.74) is 4.74. The number of amidine groups is 1. The Labute approximate surface area is 84.2 Å². The summed E-state index contributed by atoms with van der Waals surface area (Å²) >= 11 is 0.832. The van der Waals surface area contributed by atoms with Crippen LogP contribution in [0.15, 0.2) is 10.3 Å². The number of hydrogen-bond donors (Lipinski definition) is 4. The van der Waals surface area contributed by atoms with Crippen molar-refractivity contribution in [1.82, 2.24) is 0 Å². The topological polar surface area (TPSA) is 132 Å². The van der Waals surface area contributed by atoms with Crippen molar-refractivity contribution in [3.63, 3.8) is 0 Å². The predicted octanol–water partition coefficient (Wildman–Crippen LogP) is -0.138. The fourth-order valence-corrected chi connectivity index (χ4v) is 1.13. The largest absolute Gasteiger partial charge is 0.410 e. The standard InChI is InChI=1S/C6H10N4O3S/c1-3(11)2-14-6(8)4(9-12)5(7)10-13/h8,12-13H,2H2,1H3,(H2,7,10)/b8-6?,9-4-. The van der Waals surface area contributed by atoms with Crippen LogP contribution in [0.4, 0.5) is 0 Å². The number of nitrogens with two attached hydrogens (primary N) is 1. The first-order chi connectivity index (χ1) is 6.52. The van der Waals surface area contributed by atoms with Gasteiger partial charge >= 0.3 is 0 Å². The highest BCUT2D eigenvalue weighted by atomic mass is 32.2. The van der Waals surface area contributed by atoms with E-state index in [1.54, 1.807) is 0 Å². The van der Waals surface area contributed by atoms with Gasteiger partial charge in [0.15, 0.2) is 11.5 Å². The summed E-state index contributed by atoms with van der Waals surface area (Å²) in [5, 5.41) is 29.0. The second-order valence-corrected chi connectivity index (χ2v) is 3.24. The zero-order chi connectivity index (χ0) is 11.1. The monoisotopic (exact) mass is 218 g/mol. The van der Waals surface area contributed by atoms with Crippen LogP contribution in [0, 0.1) is 5.41 Å². The molecule has 0 amide bonds. The molecule has 0 aromatic heterocycles. The third-order valence-electron chi connectivity index (χ3n) is 1.09. The minimum Gasteiger partial charge on any atom is -0.410 e. The summed E-state index contributed by atoms with van der Waals surface area (Å²) in [7, 11) is 0. The number of rotatable bonds is 4. The number of nitrogens with zero attached hydrogens (tertiary/aromatic N) is 2. The van der Waals surface area contributed by atoms with Crippen LogP contribution in [0.5, 0.6) is 0 Å². The minimum absolute atomic E-state index is 0.0660. The Morgan fingerprint density at radius 1 is 1.50 bits per heavy atom. The van der Waals surface area contributed by atoms with Crippen molar-refractivity contribution in [1.29, 1.82) is 5.41 Å². The molecule has 14 heavy (non-hydrogen) atoms. The van der Waals surface area contributed by atoms with Gasteiger partial charge in [-0.2, -0.15) is 0 Å². The van der Waals surface area contributed by atoms with Gasteiger partial charge in [-0.1, -0.05) is 22.1 Å². The lowest BCUT2D eigenvalue weighted by molar-refractivity contribution is -0.114. The maximum Gasteiger partial charge on any atom is 0.194 e. The highest BCUT2D eigenvalue weighted by Crippen LogP contribution is 2.04. The van der Waals surface area contributed by atoms with Crippen LogP contribution in [0.25, 0.3) is 0 Å². The molecule has 0 rings (SSSR count). The van der Waals surface area contributed by atoms with E-state index in [1.165, 1.54) is 6.92 Å². The fourth-order valence-electron chi connectivity index (χ4n) is 0.502. The lowest BCUT2D eigenvalue weighted by Gasteiger charge is -2.02. The van der Waals surface area contributed by atoms with Gasteiger partial charge in [-0.15, -0.1) is 0 Å².